The van der Waals surface area contributed by atoms with Gasteiger partial charge in [0.25, 0.3) is 0 Å². The van der Waals surface area contributed by atoms with Crippen molar-refractivity contribution in [1.82, 2.24) is 19.7 Å². The molecular formula is C20H32N4. The van der Waals surface area contributed by atoms with E-state index >= 15 is 0 Å². The van der Waals surface area contributed by atoms with Gasteiger partial charge in [0.1, 0.15) is 0 Å². The maximum atomic E-state index is 3.30. The highest BCUT2D eigenvalue weighted by molar-refractivity contribution is 5.82. The van der Waals surface area contributed by atoms with Gasteiger partial charge in [0.05, 0.1) is 0 Å². The van der Waals surface area contributed by atoms with Gasteiger partial charge in [-0.05, 0) is 58.1 Å². The molecule has 0 aliphatic carbocycles. The fraction of sp³-hybridized carbons (Fsp3) is 0.600. The van der Waals surface area contributed by atoms with Crippen molar-refractivity contribution in [2.75, 3.05) is 46.3 Å². The Morgan fingerprint density at radius 1 is 1.12 bits per heavy atom. The Labute approximate surface area is 146 Å². The molecule has 4 heteroatoms. The van der Waals surface area contributed by atoms with Gasteiger partial charge < -0.3 is 14.8 Å². The smallest absolute Gasteiger partial charge is 0.0457 e. The van der Waals surface area contributed by atoms with Gasteiger partial charge in [0.2, 0.25) is 0 Å². The van der Waals surface area contributed by atoms with Crippen molar-refractivity contribution in [3.63, 3.8) is 0 Å². The van der Waals surface area contributed by atoms with Crippen LogP contribution in [-0.4, -0.2) is 72.0 Å². The standard InChI is InChI=1S/C20H32N4/c1-17(2)24-14-12-23(13-15-24)11-5-10-22(3)16-18-6-4-7-20-19(18)8-9-21-20/h4,6-9,17,21H,5,10-16H2,1-3H3. The zero-order chi connectivity index (χ0) is 16.9. The van der Waals surface area contributed by atoms with Gasteiger partial charge in [-0.25, -0.2) is 0 Å². The summed E-state index contributed by atoms with van der Waals surface area (Å²) in [6.07, 6.45) is 3.28. The van der Waals surface area contributed by atoms with E-state index in [1.165, 1.54) is 55.6 Å². The van der Waals surface area contributed by atoms with Gasteiger partial charge in [0.15, 0.2) is 0 Å². The number of nitrogens with zero attached hydrogens (tertiary/aromatic N) is 3. The van der Waals surface area contributed by atoms with Crippen molar-refractivity contribution < 1.29 is 0 Å². The molecule has 1 saturated heterocycles. The second-order valence-electron chi connectivity index (χ2n) is 7.42. The summed E-state index contributed by atoms with van der Waals surface area (Å²) in [7, 11) is 2.24. The first-order chi connectivity index (χ1) is 11.6. The van der Waals surface area contributed by atoms with E-state index in [4.69, 9.17) is 0 Å². The number of hydrogen-bond acceptors (Lipinski definition) is 3. The fourth-order valence-corrected chi connectivity index (χ4v) is 3.73. The molecular weight excluding hydrogens is 296 g/mol. The second-order valence-corrected chi connectivity index (χ2v) is 7.42. The van der Waals surface area contributed by atoms with Crippen molar-refractivity contribution in [2.24, 2.45) is 0 Å². The van der Waals surface area contributed by atoms with Crippen LogP contribution in [0.2, 0.25) is 0 Å². The first-order valence-electron chi connectivity index (χ1n) is 9.33. The SMILES string of the molecule is CC(C)N1CCN(CCCN(C)Cc2cccc3[nH]ccc23)CC1. The molecule has 0 amide bonds. The minimum Gasteiger partial charge on any atom is -0.361 e. The van der Waals surface area contributed by atoms with Crippen LogP contribution >= 0.6 is 0 Å². The Hall–Kier alpha value is -1.36. The lowest BCUT2D eigenvalue weighted by molar-refractivity contribution is 0.105. The molecule has 1 aromatic heterocycles. The van der Waals surface area contributed by atoms with E-state index in [9.17, 15) is 0 Å². The summed E-state index contributed by atoms with van der Waals surface area (Å²) in [5.74, 6) is 0. The second kappa shape index (κ2) is 8.15. The lowest BCUT2D eigenvalue weighted by Gasteiger charge is -2.37. The summed E-state index contributed by atoms with van der Waals surface area (Å²) in [4.78, 5) is 11.0. The molecule has 2 aromatic rings. The van der Waals surface area contributed by atoms with Crippen LogP contribution in [0.25, 0.3) is 10.9 Å². The van der Waals surface area contributed by atoms with Crippen LogP contribution in [0.4, 0.5) is 0 Å². The summed E-state index contributed by atoms with van der Waals surface area (Å²) in [6, 6.07) is 9.42. The van der Waals surface area contributed by atoms with Crippen LogP contribution in [0.3, 0.4) is 0 Å². The molecule has 1 aliphatic heterocycles. The topological polar surface area (TPSA) is 25.5 Å². The van der Waals surface area contributed by atoms with Gasteiger partial charge in [-0.3, -0.25) is 4.90 Å². The molecule has 0 spiro atoms. The third kappa shape index (κ3) is 4.38. The minimum atomic E-state index is 0.689. The van der Waals surface area contributed by atoms with Crippen molar-refractivity contribution >= 4 is 10.9 Å². The highest BCUT2D eigenvalue weighted by atomic mass is 15.3. The van der Waals surface area contributed by atoms with Crippen LogP contribution in [0.5, 0.6) is 0 Å². The van der Waals surface area contributed by atoms with Crippen LogP contribution in [0.1, 0.15) is 25.8 Å². The Bertz CT molecular complexity index is 625. The van der Waals surface area contributed by atoms with E-state index in [1.807, 2.05) is 6.20 Å². The molecule has 24 heavy (non-hydrogen) atoms. The predicted octanol–water partition coefficient (Wildman–Crippen LogP) is 3.02. The number of aromatic amines is 1. The van der Waals surface area contributed by atoms with Gasteiger partial charge >= 0.3 is 0 Å². The van der Waals surface area contributed by atoms with Crippen LogP contribution in [-0.2, 0) is 6.54 Å². The third-order valence-corrected chi connectivity index (χ3v) is 5.28. The van der Waals surface area contributed by atoms with Crippen molar-refractivity contribution in [3.05, 3.63) is 36.0 Å². The summed E-state index contributed by atoms with van der Waals surface area (Å²) >= 11 is 0. The number of benzene rings is 1. The molecule has 132 valence electrons. The van der Waals surface area contributed by atoms with Crippen LogP contribution in [0.15, 0.2) is 30.5 Å². The zero-order valence-electron chi connectivity index (χ0n) is 15.5. The number of fused-ring (bicyclic) bond motifs is 1. The van der Waals surface area contributed by atoms with Crippen molar-refractivity contribution in [3.8, 4) is 0 Å². The van der Waals surface area contributed by atoms with Gasteiger partial charge in [0, 0.05) is 55.9 Å². The predicted molar refractivity (Wildman–Crippen MR) is 102 cm³/mol. The number of hydrogen-bond donors (Lipinski definition) is 1. The van der Waals surface area contributed by atoms with E-state index < -0.39 is 0 Å². The quantitative estimate of drug-likeness (QED) is 0.846. The molecule has 1 aromatic carbocycles. The molecule has 1 aliphatic rings. The average molecular weight is 329 g/mol. The number of rotatable bonds is 7. The van der Waals surface area contributed by atoms with Crippen molar-refractivity contribution in [2.45, 2.75) is 32.9 Å². The lowest BCUT2D eigenvalue weighted by Crippen LogP contribution is -2.49. The monoisotopic (exact) mass is 328 g/mol. The zero-order valence-corrected chi connectivity index (χ0v) is 15.5. The maximum absolute atomic E-state index is 3.30. The molecule has 0 bridgehead atoms. The summed E-state index contributed by atoms with van der Waals surface area (Å²) < 4.78 is 0. The van der Waals surface area contributed by atoms with Gasteiger partial charge in [-0.15, -0.1) is 0 Å². The highest BCUT2D eigenvalue weighted by Gasteiger charge is 2.18. The Kier molecular flexibility index (Phi) is 5.93. The van der Waals surface area contributed by atoms with E-state index in [0.717, 1.165) is 13.1 Å². The Morgan fingerprint density at radius 2 is 1.92 bits per heavy atom. The highest BCUT2D eigenvalue weighted by Crippen LogP contribution is 2.18. The fourth-order valence-electron chi connectivity index (χ4n) is 3.73. The van der Waals surface area contributed by atoms with Crippen LogP contribution < -0.4 is 0 Å². The largest absolute Gasteiger partial charge is 0.361 e. The molecule has 0 atom stereocenters. The van der Waals surface area contributed by atoms with Crippen LogP contribution in [0, 0.1) is 0 Å². The first kappa shape index (κ1) is 17.5. The number of piperazine rings is 1. The van der Waals surface area contributed by atoms with E-state index in [-0.39, 0.29) is 0 Å². The Morgan fingerprint density at radius 3 is 2.67 bits per heavy atom. The summed E-state index contributed by atoms with van der Waals surface area (Å²) in [5.41, 5.74) is 2.66. The van der Waals surface area contributed by atoms with Gasteiger partial charge in [-0.2, -0.15) is 0 Å². The number of H-pyrrole nitrogens is 1. The minimum absolute atomic E-state index is 0.689. The number of aromatic nitrogens is 1. The van der Waals surface area contributed by atoms with Gasteiger partial charge in [-0.1, -0.05) is 12.1 Å². The average Bonchev–Trinajstić information content (AvgIpc) is 3.05. The molecule has 0 saturated carbocycles. The normalized spacial score (nSPS) is 17.4. The number of nitrogens with one attached hydrogen (secondary N) is 1. The van der Waals surface area contributed by atoms with E-state index in [1.54, 1.807) is 0 Å². The molecule has 1 N–H and O–H groups in total. The Balaban J connectivity index is 1.40. The lowest BCUT2D eigenvalue weighted by atomic mass is 10.1. The van der Waals surface area contributed by atoms with E-state index in [2.05, 4.69) is 64.8 Å². The van der Waals surface area contributed by atoms with Crippen molar-refractivity contribution in [1.29, 1.82) is 0 Å². The summed E-state index contributed by atoms with van der Waals surface area (Å²) in [6.45, 7) is 12.9. The summed E-state index contributed by atoms with van der Waals surface area (Å²) in [5, 5.41) is 1.36. The maximum Gasteiger partial charge on any atom is 0.0457 e. The van der Waals surface area contributed by atoms with E-state index in [0.29, 0.717) is 6.04 Å². The third-order valence-electron chi connectivity index (χ3n) is 5.28. The first-order valence-corrected chi connectivity index (χ1v) is 9.33. The molecule has 1 fully saturated rings. The molecule has 3 rings (SSSR count). The molecule has 2 heterocycles. The molecule has 0 unspecified atom stereocenters. The molecule has 4 nitrogen and oxygen atoms in total. The molecule has 0 radical (unpaired) electrons.